The van der Waals surface area contributed by atoms with Crippen LogP contribution in [0.3, 0.4) is 0 Å². The molecule has 1 aromatic heterocycles. The number of fused-ring (bicyclic) bond motifs is 1. The first-order chi connectivity index (χ1) is 9.79. The van der Waals surface area contributed by atoms with Gasteiger partial charge in [-0.1, -0.05) is 18.2 Å². The number of hydrogen-bond donors (Lipinski definition) is 2. The van der Waals surface area contributed by atoms with Gasteiger partial charge < -0.3 is 15.6 Å². The van der Waals surface area contributed by atoms with Crippen LogP contribution in [0.5, 0.6) is 0 Å². The van der Waals surface area contributed by atoms with Crippen LogP contribution in [0.4, 0.5) is 0 Å². The summed E-state index contributed by atoms with van der Waals surface area (Å²) in [5, 5.41) is 1.14. The Kier molecular flexibility index (Phi) is 3.74. The van der Waals surface area contributed by atoms with Crippen LogP contribution in [0.15, 0.2) is 30.5 Å². The summed E-state index contributed by atoms with van der Waals surface area (Å²) in [6.45, 7) is 1.42. The molecule has 0 radical (unpaired) electrons. The lowest BCUT2D eigenvalue weighted by molar-refractivity contribution is -0.133. The molecule has 2 heterocycles. The standard InChI is InChI=1S/C16H21N3O/c17-10-13-5-3-4-8-19(13)16(20)9-12-11-18-15-7-2-1-6-14(12)15/h1-2,6-7,11,13,18H,3-5,8-10,17H2. The van der Waals surface area contributed by atoms with Gasteiger partial charge in [-0.05, 0) is 30.9 Å². The van der Waals surface area contributed by atoms with Gasteiger partial charge in [-0.25, -0.2) is 0 Å². The van der Waals surface area contributed by atoms with E-state index in [1.54, 1.807) is 0 Å². The van der Waals surface area contributed by atoms with Crippen LogP contribution in [-0.4, -0.2) is 34.9 Å². The highest BCUT2D eigenvalue weighted by Crippen LogP contribution is 2.21. The van der Waals surface area contributed by atoms with E-state index >= 15 is 0 Å². The van der Waals surface area contributed by atoms with E-state index in [9.17, 15) is 4.79 Å². The molecule has 1 atom stereocenters. The molecule has 1 aromatic carbocycles. The fourth-order valence-electron chi connectivity index (χ4n) is 3.12. The Morgan fingerprint density at radius 1 is 1.35 bits per heavy atom. The van der Waals surface area contributed by atoms with E-state index in [4.69, 9.17) is 5.73 Å². The van der Waals surface area contributed by atoms with E-state index in [2.05, 4.69) is 11.1 Å². The lowest BCUT2D eigenvalue weighted by atomic mass is 10.0. The second-order valence-electron chi connectivity index (χ2n) is 5.51. The molecular weight excluding hydrogens is 250 g/mol. The van der Waals surface area contributed by atoms with Crippen molar-refractivity contribution in [1.82, 2.24) is 9.88 Å². The van der Waals surface area contributed by atoms with Gasteiger partial charge in [0.15, 0.2) is 0 Å². The molecule has 1 fully saturated rings. The summed E-state index contributed by atoms with van der Waals surface area (Å²) < 4.78 is 0. The molecule has 0 saturated carbocycles. The Bertz CT molecular complexity index is 605. The van der Waals surface area contributed by atoms with Crippen LogP contribution in [-0.2, 0) is 11.2 Å². The van der Waals surface area contributed by atoms with Crippen molar-refractivity contribution in [2.24, 2.45) is 5.73 Å². The van der Waals surface area contributed by atoms with Crippen LogP contribution in [0.2, 0.25) is 0 Å². The number of carbonyl (C=O) groups excluding carboxylic acids is 1. The van der Waals surface area contributed by atoms with Gasteiger partial charge in [0.2, 0.25) is 5.91 Å². The largest absolute Gasteiger partial charge is 0.361 e. The SMILES string of the molecule is NCC1CCCCN1C(=O)Cc1c[nH]c2ccccc12. The van der Waals surface area contributed by atoms with E-state index in [0.29, 0.717) is 13.0 Å². The average molecular weight is 271 g/mol. The third kappa shape index (κ3) is 2.43. The summed E-state index contributed by atoms with van der Waals surface area (Å²) in [4.78, 5) is 17.7. The Morgan fingerprint density at radius 2 is 2.20 bits per heavy atom. The number of nitrogens with two attached hydrogens (primary N) is 1. The maximum absolute atomic E-state index is 12.5. The number of amides is 1. The number of rotatable bonds is 3. The number of nitrogens with zero attached hydrogens (tertiary/aromatic N) is 1. The van der Waals surface area contributed by atoms with Crippen molar-refractivity contribution in [3.63, 3.8) is 0 Å². The topological polar surface area (TPSA) is 62.1 Å². The summed E-state index contributed by atoms with van der Waals surface area (Å²) >= 11 is 0. The van der Waals surface area contributed by atoms with Crippen molar-refractivity contribution in [2.45, 2.75) is 31.7 Å². The van der Waals surface area contributed by atoms with E-state index in [-0.39, 0.29) is 11.9 Å². The molecule has 4 heteroatoms. The van der Waals surface area contributed by atoms with Gasteiger partial charge >= 0.3 is 0 Å². The lowest BCUT2D eigenvalue weighted by Gasteiger charge is -2.35. The highest BCUT2D eigenvalue weighted by molar-refractivity contribution is 5.89. The molecule has 1 unspecified atom stereocenters. The number of benzene rings is 1. The summed E-state index contributed by atoms with van der Waals surface area (Å²) in [6, 6.07) is 8.33. The normalized spacial score (nSPS) is 19.4. The third-order valence-electron chi connectivity index (χ3n) is 4.24. The first-order valence-corrected chi connectivity index (χ1v) is 7.34. The molecule has 1 amide bonds. The number of piperidine rings is 1. The first kappa shape index (κ1) is 13.2. The van der Waals surface area contributed by atoms with Crippen molar-refractivity contribution in [2.75, 3.05) is 13.1 Å². The lowest BCUT2D eigenvalue weighted by Crippen LogP contribution is -2.48. The number of aromatic nitrogens is 1. The number of hydrogen-bond acceptors (Lipinski definition) is 2. The van der Waals surface area contributed by atoms with Crippen LogP contribution in [0.25, 0.3) is 10.9 Å². The van der Waals surface area contributed by atoms with Gasteiger partial charge in [0.25, 0.3) is 0 Å². The Hall–Kier alpha value is -1.81. The monoisotopic (exact) mass is 271 g/mol. The summed E-state index contributed by atoms with van der Waals surface area (Å²) in [5.41, 5.74) is 7.96. The van der Waals surface area contributed by atoms with E-state index < -0.39 is 0 Å². The molecular formula is C16H21N3O. The molecule has 0 aliphatic carbocycles. The molecule has 0 spiro atoms. The van der Waals surface area contributed by atoms with Gasteiger partial charge in [0.05, 0.1) is 6.42 Å². The van der Waals surface area contributed by atoms with Crippen molar-refractivity contribution in [1.29, 1.82) is 0 Å². The fraction of sp³-hybridized carbons (Fsp3) is 0.438. The van der Waals surface area contributed by atoms with E-state index in [0.717, 1.165) is 35.9 Å². The van der Waals surface area contributed by atoms with E-state index in [1.807, 2.05) is 29.3 Å². The smallest absolute Gasteiger partial charge is 0.227 e. The van der Waals surface area contributed by atoms with Crippen LogP contribution >= 0.6 is 0 Å². The number of H-pyrrole nitrogens is 1. The molecule has 1 saturated heterocycles. The van der Waals surface area contributed by atoms with Crippen LogP contribution < -0.4 is 5.73 Å². The number of likely N-dealkylation sites (tertiary alicyclic amines) is 1. The van der Waals surface area contributed by atoms with Crippen LogP contribution in [0.1, 0.15) is 24.8 Å². The maximum atomic E-state index is 12.5. The number of nitrogens with one attached hydrogen (secondary N) is 1. The molecule has 106 valence electrons. The van der Waals surface area contributed by atoms with Crippen molar-refractivity contribution in [3.8, 4) is 0 Å². The maximum Gasteiger partial charge on any atom is 0.227 e. The van der Waals surface area contributed by atoms with Crippen molar-refractivity contribution >= 4 is 16.8 Å². The number of carbonyl (C=O) groups is 1. The first-order valence-electron chi connectivity index (χ1n) is 7.34. The highest BCUT2D eigenvalue weighted by atomic mass is 16.2. The summed E-state index contributed by atoms with van der Waals surface area (Å²) in [5.74, 6) is 0.199. The van der Waals surface area contributed by atoms with Crippen molar-refractivity contribution in [3.05, 3.63) is 36.0 Å². The molecule has 4 nitrogen and oxygen atoms in total. The Morgan fingerprint density at radius 3 is 3.05 bits per heavy atom. The Balaban J connectivity index is 1.78. The molecule has 0 bridgehead atoms. The van der Waals surface area contributed by atoms with Gasteiger partial charge in [0.1, 0.15) is 0 Å². The summed E-state index contributed by atoms with van der Waals surface area (Å²) in [6.07, 6.45) is 5.72. The number of para-hydroxylation sites is 1. The predicted molar refractivity (Wildman–Crippen MR) is 80.4 cm³/mol. The molecule has 3 rings (SSSR count). The molecule has 20 heavy (non-hydrogen) atoms. The van der Waals surface area contributed by atoms with Crippen LogP contribution in [0, 0.1) is 0 Å². The fourth-order valence-corrected chi connectivity index (χ4v) is 3.12. The van der Waals surface area contributed by atoms with Gasteiger partial charge in [-0.2, -0.15) is 0 Å². The van der Waals surface area contributed by atoms with Gasteiger partial charge in [0, 0.05) is 36.2 Å². The zero-order valence-electron chi connectivity index (χ0n) is 11.6. The minimum atomic E-state index is 0.199. The van der Waals surface area contributed by atoms with E-state index in [1.165, 1.54) is 6.42 Å². The minimum absolute atomic E-state index is 0.199. The van der Waals surface area contributed by atoms with Gasteiger partial charge in [-0.3, -0.25) is 4.79 Å². The van der Waals surface area contributed by atoms with Gasteiger partial charge in [-0.15, -0.1) is 0 Å². The zero-order chi connectivity index (χ0) is 13.9. The summed E-state index contributed by atoms with van der Waals surface area (Å²) in [7, 11) is 0. The second-order valence-corrected chi connectivity index (χ2v) is 5.51. The predicted octanol–water partition coefficient (Wildman–Crippen LogP) is 2.05. The molecule has 1 aliphatic rings. The van der Waals surface area contributed by atoms with Crippen molar-refractivity contribution < 1.29 is 4.79 Å². The zero-order valence-corrected chi connectivity index (χ0v) is 11.6. The molecule has 3 N–H and O–H groups in total. The molecule has 1 aliphatic heterocycles. The second kappa shape index (κ2) is 5.67. The average Bonchev–Trinajstić information content (AvgIpc) is 2.90. The Labute approximate surface area is 118 Å². The third-order valence-corrected chi connectivity index (χ3v) is 4.24. The highest BCUT2D eigenvalue weighted by Gasteiger charge is 2.25. The number of aromatic amines is 1. The molecule has 2 aromatic rings. The minimum Gasteiger partial charge on any atom is -0.361 e. The quantitative estimate of drug-likeness (QED) is 0.897.